The summed E-state index contributed by atoms with van der Waals surface area (Å²) in [6.07, 6.45) is 1.55. The molecule has 0 amide bonds. The predicted octanol–water partition coefficient (Wildman–Crippen LogP) is -2.18. The van der Waals surface area contributed by atoms with Gasteiger partial charge >= 0.3 is 0 Å². The maximum absolute atomic E-state index is 11.0. The molecule has 0 bridgehead atoms. The van der Waals surface area contributed by atoms with E-state index in [1.54, 1.807) is 0 Å². The fourth-order valence-corrected chi connectivity index (χ4v) is 1.31. The van der Waals surface area contributed by atoms with Crippen LogP contribution in [-0.2, 0) is 4.79 Å². The van der Waals surface area contributed by atoms with Crippen LogP contribution in [0.5, 0.6) is 0 Å². The van der Waals surface area contributed by atoms with Gasteiger partial charge in [-0.25, -0.2) is 0 Å². The Morgan fingerprint density at radius 3 is 2.36 bits per heavy atom. The number of carbonyl (C=O) groups excluding carboxylic acids is 1. The molecule has 0 N–H and O–H groups in total. The predicted molar refractivity (Wildman–Crippen MR) is 40.7 cm³/mol. The highest BCUT2D eigenvalue weighted by atomic mass is 127. The summed E-state index contributed by atoms with van der Waals surface area (Å²) in [5.41, 5.74) is 0. The van der Waals surface area contributed by atoms with Gasteiger partial charge in [0.25, 0.3) is 0 Å². The lowest BCUT2D eigenvalue weighted by molar-refractivity contribution is -0.914. The molecule has 1 atom stereocenters. The van der Waals surface area contributed by atoms with Gasteiger partial charge in [-0.2, -0.15) is 0 Å². The SMILES string of the molecule is CC1CC(=O)CC[N+]1(C)C.[I-]. The third-order valence-electron chi connectivity index (χ3n) is 2.68. The van der Waals surface area contributed by atoms with Crippen LogP contribution in [0.15, 0.2) is 0 Å². The van der Waals surface area contributed by atoms with Crippen molar-refractivity contribution < 1.29 is 33.3 Å². The molecule has 0 aromatic carbocycles. The molecule has 11 heavy (non-hydrogen) atoms. The average Bonchev–Trinajstić information content (AvgIpc) is 1.81. The molecule has 0 aromatic rings. The highest BCUT2D eigenvalue weighted by Gasteiger charge is 2.31. The molecule has 0 radical (unpaired) electrons. The molecule has 1 unspecified atom stereocenters. The van der Waals surface area contributed by atoms with Gasteiger partial charge in [-0.1, -0.05) is 0 Å². The number of carbonyl (C=O) groups is 1. The van der Waals surface area contributed by atoms with Crippen LogP contribution in [0, 0.1) is 0 Å². The number of quaternary nitrogens is 1. The van der Waals surface area contributed by atoms with E-state index in [1.807, 2.05) is 0 Å². The largest absolute Gasteiger partial charge is 1.00 e. The molecule has 1 heterocycles. The number of halogens is 1. The lowest BCUT2D eigenvalue weighted by Gasteiger charge is -2.39. The zero-order chi connectivity index (χ0) is 7.78. The molecule has 1 aliphatic heterocycles. The summed E-state index contributed by atoms with van der Waals surface area (Å²) in [4.78, 5) is 11.0. The minimum absolute atomic E-state index is 0. The smallest absolute Gasteiger partial charge is 0.144 e. The van der Waals surface area contributed by atoms with Gasteiger partial charge in [0.2, 0.25) is 0 Å². The monoisotopic (exact) mass is 269 g/mol. The van der Waals surface area contributed by atoms with Crippen molar-refractivity contribution >= 4 is 5.78 Å². The van der Waals surface area contributed by atoms with Crippen LogP contribution in [0.1, 0.15) is 19.8 Å². The number of rotatable bonds is 0. The molecule has 3 heteroatoms. The molecular formula is C8H16INO. The molecule has 0 spiro atoms. The third-order valence-corrected chi connectivity index (χ3v) is 2.68. The maximum atomic E-state index is 11.0. The van der Waals surface area contributed by atoms with Gasteiger partial charge < -0.3 is 28.5 Å². The molecule has 0 aromatic heterocycles. The summed E-state index contributed by atoms with van der Waals surface area (Å²) in [6, 6.07) is 0.515. The van der Waals surface area contributed by atoms with Crippen LogP contribution >= 0.6 is 0 Å². The van der Waals surface area contributed by atoms with Crippen molar-refractivity contribution in [2.24, 2.45) is 0 Å². The summed E-state index contributed by atoms with van der Waals surface area (Å²) >= 11 is 0. The molecule has 2 nitrogen and oxygen atoms in total. The van der Waals surface area contributed by atoms with Gasteiger partial charge in [0.1, 0.15) is 5.78 Å². The summed E-state index contributed by atoms with van der Waals surface area (Å²) in [5, 5.41) is 0. The van der Waals surface area contributed by atoms with E-state index in [0.29, 0.717) is 11.8 Å². The van der Waals surface area contributed by atoms with Crippen molar-refractivity contribution in [1.29, 1.82) is 0 Å². The van der Waals surface area contributed by atoms with Gasteiger partial charge in [-0.3, -0.25) is 4.79 Å². The van der Waals surface area contributed by atoms with Crippen molar-refractivity contribution in [3.63, 3.8) is 0 Å². The standard InChI is InChI=1S/C8H16NO.HI/c1-7-6-8(10)4-5-9(7,2)3;/h7H,4-6H2,1-3H3;1H/q+1;/p-1. The fourth-order valence-electron chi connectivity index (χ4n) is 1.31. The van der Waals surface area contributed by atoms with Gasteiger partial charge in [-0.15, -0.1) is 0 Å². The first-order valence-electron chi connectivity index (χ1n) is 3.87. The van der Waals surface area contributed by atoms with Crippen LogP contribution in [0.3, 0.4) is 0 Å². The highest BCUT2D eigenvalue weighted by Crippen LogP contribution is 2.17. The Hall–Kier alpha value is 0.360. The molecule has 1 saturated heterocycles. The first kappa shape index (κ1) is 11.4. The van der Waals surface area contributed by atoms with Crippen LogP contribution in [-0.4, -0.2) is 36.9 Å². The normalized spacial score (nSPS) is 29.4. The number of hydrogen-bond donors (Lipinski definition) is 0. The topological polar surface area (TPSA) is 17.1 Å². The molecule has 0 saturated carbocycles. The van der Waals surface area contributed by atoms with Crippen molar-refractivity contribution in [3.8, 4) is 0 Å². The zero-order valence-electron chi connectivity index (χ0n) is 7.43. The van der Waals surface area contributed by atoms with Crippen LogP contribution in [0.25, 0.3) is 0 Å². The zero-order valence-corrected chi connectivity index (χ0v) is 9.59. The van der Waals surface area contributed by atoms with Crippen molar-refractivity contribution in [1.82, 2.24) is 0 Å². The maximum Gasteiger partial charge on any atom is 0.144 e. The van der Waals surface area contributed by atoms with Crippen LogP contribution in [0.2, 0.25) is 0 Å². The second kappa shape index (κ2) is 3.85. The van der Waals surface area contributed by atoms with Crippen LogP contribution in [0.4, 0.5) is 0 Å². The van der Waals surface area contributed by atoms with E-state index in [0.717, 1.165) is 23.9 Å². The summed E-state index contributed by atoms with van der Waals surface area (Å²) < 4.78 is 1.01. The Bertz CT molecular complexity index is 156. The highest BCUT2D eigenvalue weighted by molar-refractivity contribution is 5.79. The van der Waals surface area contributed by atoms with Gasteiger partial charge in [-0.05, 0) is 6.92 Å². The first-order valence-corrected chi connectivity index (χ1v) is 3.87. The molecule has 66 valence electrons. The lowest BCUT2D eigenvalue weighted by Crippen LogP contribution is -3.00. The average molecular weight is 269 g/mol. The molecule has 1 rings (SSSR count). The Kier molecular flexibility index (Phi) is 3.97. The fraction of sp³-hybridized carbons (Fsp3) is 0.875. The third kappa shape index (κ3) is 2.71. The first-order chi connectivity index (χ1) is 4.52. The molecule has 1 fully saturated rings. The summed E-state index contributed by atoms with van der Waals surface area (Å²) in [6.45, 7) is 3.16. The number of likely N-dealkylation sites (tertiary alicyclic amines) is 1. The Morgan fingerprint density at radius 2 is 2.00 bits per heavy atom. The number of piperidine rings is 1. The quantitative estimate of drug-likeness (QED) is 0.361. The minimum Gasteiger partial charge on any atom is -1.00 e. The number of nitrogens with zero attached hydrogens (tertiary/aromatic N) is 1. The second-order valence-electron chi connectivity index (χ2n) is 3.84. The molecule has 0 aliphatic carbocycles. The number of ketones is 1. The van der Waals surface area contributed by atoms with Gasteiger partial charge in [0.15, 0.2) is 0 Å². The lowest BCUT2D eigenvalue weighted by atomic mass is 10.0. The minimum atomic E-state index is 0. The van der Waals surface area contributed by atoms with Crippen molar-refractivity contribution in [3.05, 3.63) is 0 Å². The van der Waals surface area contributed by atoms with Gasteiger partial charge in [0, 0.05) is 0 Å². The summed E-state index contributed by atoms with van der Waals surface area (Å²) in [5.74, 6) is 0.435. The van der Waals surface area contributed by atoms with E-state index in [4.69, 9.17) is 0 Å². The van der Waals surface area contributed by atoms with Crippen molar-refractivity contribution in [2.75, 3.05) is 20.6 Å². The number of hydrogen-bond acceptors (Lipinski definition) is 1. The number of Topliss-reactive ketones (excluding diaryl/α,β-unsaturated/α-hetero) is 1. The Labute approximate surface area is 85.6 Å². The summed E-state index contributed by atoms with van der Waals surface area (Å²) in [7, 11) is 4.38. The van der Waals surface area contributed by atoms with E-state index < -0.39 is 0 Å². The van der Waals surface area contributed by atoms with E-state index >= 15 is 0 Å². The Balaban J connectivity index is 0.000001000. The molecular weight excluding hydrogens is 253 g/mol. The van der Waals surface area contributed by atoms with Gasteiger partial charge in [0.05, 0.1) is 39.5 Å². The Morgan fingerprint density at radius 1 is 1.45 bits per heavy atom. The van der Waals surface area contributed by atoms with E-state index in [-0.39, 0.29) is 24.0 Å². The molecule has 1 aliphatic rings. The second-order valence-corrected chi connectivity index (χ2v) is 3.84. The van der Waals surface area contributed by atoms with Crippen molar-refractivity contribution in [2.45, 2.75) is 25.8 Å². The van der Waals surface area contributed by atoms with E-state index in [1.165, 1.54) is 0 Å². The van der Waals surface area contributed by atoms with E-state index in [9.17, 15) is 4.79 Å². The van der Waals surface area contributed by atoms with E-state index in [2.05, 4.69) is 21.0 Å². The van der Waals surface area contributed by atoms with Crippen LogP contribution < -0.4 is 24.0 Å².